The summed E-state index contributed by atoms with van der Waals surface area (Å²) in [7, 11) is 0. The van der Waals surface area contributed by atoms with E-state index in [0.29, 0.717) is 29.4 Å². The lowest BCUT2D eigenvalue weighted by Gasteiger charge is -2.30. The molecule has 2 fully saturated rings. The zero-order valence-electron chi connectivity index (χ0n) is 16.6. The van der Waals surface area contributed by atoms with Crippen molar-refractivity contribution in [3.63, 3.8) is 0 Å². The van der Waals surface area contributed by atoms with Gasteiger partial charge in [-0.05, 0) is 38.0 Å². The maximum Gasteiger partial charge on any atom is 0.422 e. The monoisotopic (exact) mass is 423 g/mol. The number of anilines is 1. The predicted molar refractivity (Wildman–Crippen MR) is 103 cm³/mol. The molecular weight excluding hydrogens is 399 g/mol. The van der Waals surface area contributed by atoms with Gasteiger partial charge in [-0.2, -0.15) is 18.3 Å². The molecule has 0 aliphatic heterocycles. The minimum absolute atomic E-state index is 0.00563. The summed E-state index contributed by atoms with van der Waals surface area (Å²) in [4.78, 5) is 17.2. The Labute approximate surface area is 171 Å². The van der Waals surface area contributed by atoms with Crippen LogP contribution in [0.25, 0.3) is 0 Å². The van der Waals surface area contributed by atoms with E-state index in [4.69, 9.17) is 10.5 Å². The summed E-state index contributed by atoms with van der Waals surface area (Å²) in [5.74, 6) is 0.493. The molecule has 0 bridgehead atoms. The Balaban J connectivity index is 1.56. The maximum absolute atomic E-state index is 13.0. The summed E-state index contributed by atoms with van der Waals surface area (Å²) in [5, 5.41) is 9.77. The van der Waals surface area contributed by atoms with Gasteiger partial charge < -0.3 is 15.8 Å². The average Bonchev–Trinajstić information content (AvgIpc) is 3.59. The number of ether oxygens (including phenoxy) is 1. The Hall–Kier alpha value is -2.78. The molecule has 0 aromatic carbocycles. The van der Waals surface area contributed by atoms with Gasteiger partial charge in [-0.25, -0.2) is 0 Å². The average molecular weight is 423 g/mol. The van der Waals surface area contributed by atoms with Crippen molar-refractivity contribution >= 4 is 11.7 Å². The second-order valence-electron chi connectivity index (χ2n) is 8.43. The number of amides is 1. The fourth-order valence-electron chi connectivity index (χ4n) is 3.62. The van der Waals surface area contributed by atoms with E-state index in [9.17, 15) is 18.0 Å². The molecule has 4 N–H and O–H groups in total. The van der Waals surface area contributed by atoms with E-state index in [1.807, 2.05) is 6.92 Å². The molecule has 4 rings (SSSR count). The minimum atomic E-state index is -4.46. The zero-order valence-corrected chi connectivity index (χ0v) is 16.6. The van der Waals surface area contributed by atoms with Crippen LogP contribution in [0.3, 0.4) is 0 Å². The summed E-state index contributed by atoms with van der Waals surface area (Å²) < 4.78 is 43.0. The summed E-state index contributed by atoms with van der Waals surface area (Å²) in [6.07, 6.45) is 1.59. The lowest BCUT2D eigenvalue weighted by Crippen LogP contribution is -2.44. The number of hydrogen-bond donors (Lipinski definition) is 3. The molecule has 2 heterocycles. The van der Waals surface area contributed by atoms with Crippen LogP contribution in [-0.2, 0) is 5.54 Å². The van der Waals surface area contributed by atoms with Gasteiger partial charge in [-0.3, -0.25) is 14.9 Å². The number of aromatic nitrogens is 3. The minimum Gasteiger partial charge on any atom is -0.484 e. The Bertz CT molecular complexity index is 937. The normalized spacial score (nSPS) is 18.7. The molecule has 162 valence electrons. The number of nitrogen functional groups attached to an aromatic ring is 1. The molecule has 0 unspecified atom stereocenters. The van der Waals surface area contributed by atoms with Crippen molar-refractivity contribution < 1.29 is 22.7 Å². The Morgan fingerprint density at radius 2 is 2.03 bits per heavy atom. The molecule has 10 heteroatoms. The number of pyridine rings is 1. The van der Waals surface area contributed by atoms with Crippen molar-refractivity contribution in [1.29, 1.82) is 0 Å². The van der Waals surface area contributed by atoms with Gasteiger partial charge in [0.1, 0.15) is 17.3 Å². The molecule has 7 nitrogen and oxygen atoms in total. The number of carbonyl (C=O) groups excluding carboxylic acids is 1. The maximum atomic E-state index is 13.0. The zero-order chi connectivity index (χ0) is 21.5. The number of aromatic amines is 1. The van der Waals surface area contributed by atoms with Crippen LogP contribution in [0.5, 0.6) is 5.75 Å². The molecule has 2 saturated carbocycles. The number of nitrogens with one attached hydrogen (secondary N) is 2. The topological polar surface area (TPSA) is 106 Å². The highest BCUT2D eigenvalue weighted by Gasteiger charge is 2.38. The summed E-state index contributed by atoms with van der Waals surface area (Å²) in [6.45, 7) is 0.459. The highest BCUT2D eigenvalue weighted by atomic mass is 19.4. The van der Waals surface area contributed by atoms with Gasteiger partial charge in [0.25, 0.3) is 5.91 Å². The number of hydrogen-bond acceptors (Lipinski definition) is 5. The molecule has 0 radical (unpaired) electrons. The number of carbonyl (C=O) groups is 1. The molecule has 0 saturated heterocycles. The van der Waals surface area contributed by atoms with Crippen molar-refractivity contribution in [3.05, 3.63) is 35.3 Å². The van der Waals surface area contributed by atoms with Gasteiger partial charge in [0.05, 0.1) is 11.2 Å². The molecule has 30 heavy (non-hydrogen) atoms. The third-order valence-electron chi connectivity index (χ3n) is 5.51. The Morgan fingerprint density at radius 1 is 1.30 bits per heavy atom. The largest absolute Gasteiger partial charge is 0.484 e. The van der Waals surface area contributed by atoms with Crippen LogP contribution in [0.1, 0.15) is 66.7 Å². The Morgan fingerprint density at radius 3 is 2.60 bits per heavy atom. The summed E-state index contributed by atoms with van der Waals surface area (Å²) in [5.41, 5.74) is 6.25. The van der Waals surface area contributed by atoms with Crippen LogP contribution in [0.2, 0.25) is 0 Å². The molecule has 2 aromatic heterocycles. The van der Waals surface area contributed by atoms with Crippen LogP contribution in [0, 0.1) is 5.92 Å². The van der Waals surface area contributed by atoms with E-state index >= 15 is 0 Å². The van der Waals surface area contributed by atoms with E-state index < -0.39 is 24.2 Å². The molecule has 1 atom stereocenters. The highest BCUT2D eigenvalue weighted by molar-refractivity contribution is 5.93. The molecule has 2 aromatic rings. The van der Waals surface area contributed by atoms with E-state index in [1.54, 1.807) is 6.07 Å². The summed E-state index contributed by atoms with van der Waals surface area (Å²) in [6, 6.07) is 2.97. The van der Waals surface area contributed by atoms with Crippen molar-refractivity contribution in [3.8, 4) is 5.75 Å². The first-order chi connectivity index (χ1) is 14.1. The van der Waals surface area contributed by atoms with Crippen LogP contribution >= 0.6 is 0 Å². The third kappa shape index (κ3) is 4.85. The van der Waals surface area contributed by atoms with Crippen LogP contribution < -0.4 is 15.8 Å². The SMILES string of the molecule is C[C@@](CC1CC1)(NC(=O)c1cc(OCC(F)(F)F)c(C2CC2)cn1)c1cc(N)n[nH]1. The molecule has 1 amide bonds. The standard InChI is InChI=1S/C20H24F3N5O2/c1-19(8-11-2-3-11,16-7-17(24)28-27-16)26-18(29)14-6-15(30-10-20(21,22)23)13(9-25-14)12-4-5-12/h6-7,9,11-12H,2-5,8,10H2,1H3,(H,26,29)(H3,24,27,28)/t19-/m0/s1. The van der Waals surface area contributed by atoms with E-state index in [1.165, 1.54) is 12.3 Å². The van der Waals surface area contributed by atoms with Gasteiger partial charge in [0.15, 0.2) is 6.61 Å². The first-order valence-electron chi connectivity index (χ1n) is 9.96. The van der Waals surface area contributed by atoms with Crippen molar-refractivity contribution in [2.24, 2.45) is 5.92 Å². The van der Waals surface area contributed by atoms with Gasteiger partial charge in [0, 0.05) is 23.9 Å². The first-order valence-corrected chi connectivity index (χ1v) is 9.96. The van der Waals surface area contributed by atoms with Crippen molar-refractivity contribution in [1.82, 2.24) is 20.5 Å². The van der Waals surface area contributed by atoms with Crippen molar-refractivity contribution in [2.75, 3.05) is 12.3 Å². The number of halogens is 3. The molecular formula is C20H24F3N5O2. The van der Waals surface area contributed by atoms with Crippen LogP contribution in [0.15, 0.2) is 18.3 Å². The molecule has 2 aliphatic carbocycles. The fraction of sp³-hybridized carbons (Fsp3) is 0.550. The van der Waals surface area contributed by atoms with Gasteiger partial charge in [-0.1, -0.05) is 12.8 Å². The quantitative estimate of drug-likeness (QED) is 0.601. The van der Waals surface area contributed by atoms with E-state index in [-0.39, 0.29) is 17.4 Å². The van der Waals surface area contributed by atoms with Gasteiger partial charge in [0.2, 0.25) is 0 Å². The van der Waals surface area contributed by atoms with E-state index in [2.05, 4.69) is 20.5 Å². The second kappa shape index (κ2) is 7.48. The second-order valence-corrected chi connectivity index (χ2v) is 8.43. The predicted octanol–water partition coefficient (Wildman–Crippen LogP) is 3.65. The van der Waals surface area contributed by atoms with Gasteiger partial charge in [-0.15, -0.1) is 0 Å². The first kappa shape index (κ1) is 20.5. The highest BCUT2D eigenvalue weighted by Crippen LogP contribution is 2.44. The lowest BCUT2D eigenvalue weighted by atomic mass is 9.90. The fourth-order valence-corrected chi connectivity index (χ4v) is 3.62. The van der Waals surface area contributed by atoms with Crippen LogP contribution in [0.4, 0.5) is 19.0 Å². The van der Waals surface area contributed by atoms with Crippen LogP contribution in [-0.4, -0.2) is 33.9 Å². The molecule has 0 spiro atoms. The number of rotatable bonds is 8. The van der Waals surface area contributed by atoms with Crippen molar-refractivity contribution in [2.45, 2.75) is 56.7 Å². The smallest absolute Gasteiger partial charge is 0.422 e. The third-order valence-corrected chi connectivity index (χ3v) is 5.51. The number of nitrogens with zero attached hydrogens (tertiary/aromatic N) is 2. The van der Waals surface area contributed by atoms with E-state index in [0.717, 1.165) is 25.7 Å². The summed E-state index contributed by atoms with van der Waals surface area (Å²) >= 11 is 0. The van der Waals surface area contributed by atoms with Gasteiger partial charge >= 0.3 is 6.18 Å². The Kier molecular flexibility index (Phi) is 5.11. The number of nitrogens with two attached hydrogens (primary N) is 1. The number of H-pyrrole nitrogens is 1. The lowest BCUT2D eigenvalue weighted by molar-refractivity contribution is -0.153. The number of alkyl halides is 3. The molecule has 2 aliphatic rings.